The third kappa shape index (κ3) is 3.92. The van der Waals surface area contributed by atoms with Crippen LogP contribution < -0.4 is 5.32 Å². The maximum Gasteiger partial charge on any atom is 0.219 e. The number of hydrogen-bond acceptors (Lipinski definition) is 3. The van der Waals surface area contributed by atoms with E-state index in [9.17, 15) is 13.2 Å². The molecule has 0 aromatic rings. The zero-order chi connectivity index (χ0) is 13.9. The summed E-state index contributed by atoms with van der Waals surface area (Å²) in [7, 11) is -3.01. The Morgan fingerprint density at radius 2 is 1.84 bits per heavy atom. The molecule has 0 unspecified atom stereocenters. The Hall–Kier alpha value is -0.620. The average molecular weight is 288 g/mol. The van der Waals surface area contributed by atoms with Crippen molar-refractivity contribution in [3.05, 3.63) is 0 Å². The molecule has 2 fully saturated rings. The van der Waals surface area contributed by atoms with Gasteiger partial charge in [0.2, 0.25) is 15.9 Å². The summed E-state index contributed by atoms with van der Waals surface area (Å²) in [4.78, 5) is 11.4. The summed E-state index contributed by atoms with van der Waals surface area (Å²) in [6.07, 6.45) is 4.82. The minimum absolute atomic E-state index is 0.103. The highest BCUT2D eigenvalue weighted by Crippen LogP contribution is 2.32. The van der Waals surface area contributed by atoms with E-state index in [1.807, 2.05) is 6.92 Å². The van der Waals surface area contributed by atoms with Crippen molar-refractivity contribution in [2.45, 2.75) is 50.7 Å². The number of amides is 1. The monoisotopic (exact) mass is 288 g/mol. The molecule has 0 atom stereocenters. The van der Waals surface area contributed by atoms with E-state index in [4.69, 9.17) is 0 Å². The van der Waals surface area contributed by atoms with E-state index in [1.54, 1.807) is 4.31 Å². The van der Waals surface area contributed by atoms with Crippen molar-refractivity contribution in [3.8, 4) is 0 Å². The Balaban J connectivity index is 1.72. The highest BCUT2D eigenvalue weighted by molar-refractivity contribution is 7.90. The lowest BCUT2D eigenvalue weighted by molar-refractivity contribution is -0.121. The first-order valence-electron chi connectivity index (χ1n) is 7.29. The highest BCUT2D eigenvalue weighted by Gasteiger charge is 2.41. The van der Waals surface area contributed by atoms with Crippen LogP contribution in [0.1, 0.15) is 45.4 Å². The fourth-order valence-corrected chi connectivity index (χ4v) is 4.39. The second kappa shape index (κ2) is 6.22. The van der Waals surface area contributed by atoms with Gasteiger partial charge in [-0.25, -0.2) is 12.7 Å². The first-order valence-corrected chi connectivity index (χ1v) is 8.80. The van der Waals surface area contributed by atoms with E-state index in [0.29, 0.717) is 32.0 Å². The van der Waals surface area contributed by atoms with Gasteiger partial charge in [-0.3, -0.25) is 4.79 Å². The van der Waals surface area contributed by atoms with Gasteiger partial charge in [-0.05, 0) is 38.0 Å². The Morgan fingerprint density at radius 3 is 2.37 bits per heavy atom. The van der Waals surface area contributed by atoms with Crippen LogP contribution in [0.25, 0.3) is 0 Å². The molecule has 1 saturated heterocycles. The molecule has 1 aliphatic carbocycles. The number of sulfonamides is 1. The summed E-state index contributed by atoms with van der Waals surface area (Å²) < 4.78 is 25.8. The molecule has 2 aliphatic rings. The van der Waals surface area contributed by atoms with Gasteiger partial charge in [-0.1, -0.05) is 6.92 Å². The fraction of sp³-hybridized carbons (Fsp3) is 0.923. The standard InChI is InChI=1S/C13H24N2O3S/c1-2-3-13(16)14-10-11-6-8-15(9-7-11)19(17,18)12-4-5-12/h11-12H,2-10H2,1H3,(H,14,16). The van der Waals surface area contributed by atoms with Crippen molar-refractivity contribution in [2.75, 3.05) is 19.6 Å². The number of rotatable bonds is 6. The Labute approximate surface area is 115 Å². The van der Waals surface area contributed by atoms with E-state index in [0.717, 1.165) is 32.1 Å². The van der Waals surface area contributed by atoms with Gasteiger partial charge in [0.15, 0.2) is 0 Å². The molecule has 0 aromatic carbocycles. The van der Waals surface area contributed by atoms with Crippen LogP contribution >= 0.6 is 0 Å². The van der Waals surface area contributed by atoms with Crippen LogP contribution in [0.4, 0.5) is 0 Å². The van der Waals surface area contributed by atoms with Gasteiger partial charge in [0.1, 0.15) is 0 Å². The lowest BCUT2D eigenvalue weighted by Crippen LogP contribution is -2.42. The van der Waals surface area contributed by atoms with Crippen LogP contribution in [-0.4, -0.2) is 43.5 Å². The van der Waals surface area contributed by atoms with Crippen molar-refractivity contribution >= 4 is 15.9 Å². The molecule has 1 N–H and O–H groups in total. The van der Waals surface area contributed by atoms with Gasteiger partial charge in [0, 0.05) is 26.1 Å². The molecule has 110 valence electrons. The van der Waals surface area contributed by atoms with E-state index < -0.39 is 10.0 Å². The lowest BCUT2D eigenvalue weighted by Gasteiger charge is -2.31. The van der Waals surface area contributed by atoms with Crippen LogP contribution in [0.15, 0.2) is 0 Å². The van der Waals surface area contributed by atoms with Gasteiger partial charge < -0.3 is 5.32 Å². The van der Waals surface area contributed by atoms with Crippen LogP contribution in [0.3, 0.4) is 0 Å². The predicted octanol–water partition coefficient (Wildman–Crippen LogP) is 1.11. The summed E-state index contributed by atoms with van der Waals surface area (Å²) in [5.41, 5.74) is 0. The molecule has 6 heteroatoms. The van der Waals surface area contributed by atoms with Gasteiger partial charge in [-0.2, -0.15) is 0 Å². The molecule has 0 radical (unpaired) electrons. The molecule has 1 heterocycles. The number of carbonyl (C=O) groups excluding carboxylic acids is 1. The third-order valence-electron chi connectivity index (χ3n) is 3.94. The number of nitrogens with zero attached hydrogens (tertiary/aromatic N) is 1. The number of nitrogens with one attached hydrogen (secondary N) is 1. The largest absolute Gasteiger partial charge is 0.356 e. The summed E-state index contributed by atoms with van der Waals surface area (Å²) in [6.45, 7) is 3.91. The Bertz CT molecular complexity index is 410. The maximum absolute atomic E-state index is 12.1. The van der Waals surface area contributed by atoms with Crippen LogP contribution in [0.2, 0.25) is 0 Å². The zero-order valence-corrected chi connectivity index (χ0v) is 12.4. The molecular formula is C13H24N2O3S. The second-order valence-corrected chi connectivity index (χ2v) is 7.85. The molecule has 0 aromatic heterocycles. The molecule has 1 aliphatic heterocycles. The molecule has 1 saturated carbocycles. The second-order valence-electron chi connectivity index (χ2n) is 5.64. The summed E-state index contributed by atoms with van der Waals surface area (Å²) in [5, 5.41) is 2.83. The highest BCUT2D eigenvalue weighted by atomic mass is 32.2. The average Bonchev–Trinajstić information content (AvgIpc) is 3.22. The molecule has 2 rings (SSSR count). The van der Waals surface area contributed by atoms with E-state index >= 15 is 0 Å². The number of carbonyl (C=O) groups is 1. The maximum atomic E-state index is 12.1. The predicted molar refractivity (Wildman–Crippen MR) is 74.2 cm³/mol. The number of piperidine rings is 1. The fourth-order valence-electron chi connectivity index (χ4n) is 2.52. The third-order valence-corrected chi connectivity index (χ3v) is 6.34. The summed E-state index contributed by atoms with van der Waals surface area (Å²) in [6, 6.07) is 0. The van der Waals surface area contributed by atoms with Crippen molar-refractivity contribution in [1.29, 1.82) is 0 Å². The van der Waals surface area contributed by atoms with E-state index in [2.05, 4.69) is 5.32 Å². The first-order chi connectivity index (χ1) is 9.04. The van der Waals surface area contributed by atoms with Crippen molar-refractivity contribution < 1.29 is 13.2 Å². The minimum Gasteiger partial charge on any atom is -0.356 e. The van der Waals surface area contributed by atoms with Gasteiger partial charge in [0.25, 0.3) is 0 Å². The van der Waals surface area contributed by atoms with Crippen LogP contribution in [0.5, 0.6) is 0 Å². The van der Waals surface area contributed by atoms with Gasteiger partial charge in [-0.15, -0.1) is 0 Å². The summed E-state index contributed by atoms with van der Waals surface area (Å²) in [5.74, 6) is 0.530. The summed E-state index contributed by atoms with van der Waals surface area (Å²) >= 11 is 0. The molecular weight excluding hydrogens is 264 g/mol. The minimum atomic E-state index is -3.01. The van der Waals surface area contributed by atoms with Crippen molar-refractivity contribution in [2.24, 2.45) is 5.92 Å². The normalized spacial score (nSPS) is 22.4. The lowest BCUT2D eigenvalue weighted by atomic mass is 9.98. The SMILES string of the molecule is CCCC(=O)NCC1CCN(S(=O)(=O)C2CC2)CC1. The smallest absolute Gasteiger partial charge is 0.219 e. The van der Waals surface area contributed by atoms with Crippen LogP contribution in [0, 0.1) is 5.92 Å². The van der Waals surface area contributed by atoms with Gasteiger partial charge in [0.05, 0.1) is 5.25 Å². The van der Waals surface area contributed by atoms with Crippen molar-refractivity contribution in [1.82, 2.24) is 9.62 Å². The Morgan fingerprint density at radius 1 is 1.21 bits per heavy atom. The van der Waals surface area contributed by atoms with E-state index in [-0.39, 0.29) is 11.2 Å². The number of hydrogen-bond donors (Lipinski definition) is 1. The Kier molecular flexibility index (Phi) is 4.84. The zero-order valence-electron chi connectivity index (χ0n) is 11.6. The molecule has 0 bridgehead atoms. The molecule has 0 spiro atoms. The van der Waals surface area contributed by atoms with Crippen molar-refractivity contribution in [3.63, 3.8) is 0 Å². The molecule has 19 heavy (non-hydrogen) atoms. The molecule has 5 nitrogen and oxygen atoms in total. The first kappa shape index (κ1) is 14.8. The topological polar surface area (TPSA) is 66.5 Å². The quantitative estimate of drug-likeness (QED) is 0.796. The van der Waals surface area contributed by atoms with E-state index in [1.165, 1.54) is 0 Å². The van der Waals surface area contributed by atoms with Gasteiger partial charge >= 0.3 is 0 Å². The van der Waals surface area contributed by atoms with Crippen LogP contribution in [-0.2, 0) is 14.8 Å². The molecule has 1 amide bonds.